The van der Waals surface area contributed by atoms with Gasteiger partial charge in [-0.25, -0.2) is 13.8 Å². The van der Waals surface area contributed by atoms with Gasteiger partial charge in [-0.2, -0.15) is 8.78 Å². The third-order valence-corrected chi connectivity index (χ3v) is 5.45. The zero-order valence-corrected chi connectivity index (χ0v) is 17.2. The van der Waals surface area contributed by atoms with Crippen molar-refractivity contribution in [2.45, 2.75) is 19.6 Å². The quantitative estimate of drug-likeness (QED) is 0.384. The van der Waals surface area contributed by atoms with Crippen molar-refractivity contribution in [1.82, 2.24) is 4.98 Å². The molecule has 1 atom stereocenters. The number of halogens is 4. The second kappa shape index (κ2) is 9.22. The van der Waals surface area contributed by atoms with Crippen LogP contribution in [0.15, 0.2) is 42.5 Å². The van der Waals surface area contributed by atoms with Crippen LogP contribution in [0.2, 0.25) is 0 Å². The molecule has 0 spiro atoms. The molecule has 2 aromatic carbocycles. The Morgan fingerprint density at radius 1 is 1.09 bits per heavy atom. The lowest BCUT2D eigenvalue weighted by molar-refractivity contribution is -0.118. The Labute approximate surface area is 183 Å². The Morgan fingerprint density at radius 2 is 1.75 bits per heavy atom. The summed E-state index contributed by atoms with van der Waals surface area (Å²) in [6, 6.07) is 6.85. The molecule has 1 aromatic heterocycles. The smallest absolute Gasteiger partial charge is 0.387 e. The van der Waals surface area contributed by atoms with Gasteiger partial charge in [0.25, 0.3) is 0 Å². The number of ketones is 1. The number of hydrogen-bond acceptors (Lipinski definition) is 7. The average molecular weight is 468 g/mol. The minimum absolute atomic E-state index is 0.00761. The topological polar surface area (TPSA) is 112 Å². The van der Waals surface area contributed by atoms with Gasteiger partial charge in [0.1, 0.15) is 22.5 Å². The molecule has 0 aliphatic carbocycles. The average Bonchev–Trinajstić information content (AvgIpc) is 3.11. The normalized spacial score (nSPS) is 11.9. The summed E-state index contributed by atoms with van der Waals surface area (Å²) >= 11 is 0.801. The zero-order chi connectivity index (χ0) is 23.6. The van der Waals surface area contributed by atoms with Crippen LogP contribution in [0.3, 0.4) is 0 Å². The lowest BCUT2D eigenvalue weighted by Gasteiger charge is -2.26. The van der Waals surface area contributed by atoms with Crippen LogP contribution >= 0.6 is 11.3 Å². The van der Waals surface area contributed by atoms with E-state index in [1.165, 1.54) is 42.2 Å². The monoisotopic (exact) mass is 468 g/mol. The standard InChI is InChI=1S/C20H16F4N4O3S/c1-9(18(26)30)28(11-4-7-13(21)14(22)8-11)20-27-17(25)16(32-20)15(29)10-2-5-12(6-3-10)31-19(23)24/h2-9,19H,25H2,1H3,(H2,26,30)/t9-/m0/s1. The van der Waals surface area contributed by atoms with Crippen LogP contribution < -0.4 is 21.1 Å². The fourth-order valence-corrected chi connectivity index (χ4v) is 3.82. The molecule has 0 bridgehead atoms. The zero-order valence-electron chi connectivity index (χ0n) is 16.4. The number of nitrogens with zero attached hydrogens (tertiary/aromatic N) is 2. The van der Waals surface area contributed by atoms with Gasteiger partial charge in [0.15, 0.2) is 16.8 Å². The predicted octanol–water partition coefficient (Wildman–Crippen LogP) is 3.85. The first-order chi connectivity index (χ1) is 15.1. The van der Waals surface area contributed by atoms with Gasteiger partial charge in [-0.05, 0) is 43.3 Å². The predicted molar refractivity (Wildman–Crippen MR) is 110 cm³/mol. The van der Waals surface area contributed by atoms with Crippen LogP contribution in [0.4, 0.5) is 34.2 Å². The van der Waals surface area contributed by atoms with Crippen LogP contribution in [-0.4, -0.2) is 29.3 Å². The van der Waals surface area contributed by atoms with Gasteiger partial charge in [-0.1, -0.05) is 11.3 Å². The second-order valence-electron chi connectivity index (χ2n) is 6.49. The molecular formula is C20H16F4N4O3S. The van der Waals surface area contributed by atoms with Crippen LogP contribution in [0.5, 0.6) is 5.75 Å². The van der Waals surface area contributed by atoms with E-state index in [1.54, 1.807) is 0 Å². The molecule has 0 fully saturated rings. The molecular weight excluding hydrogens is 452 g/mol. The molecule has 0 aliphatic heterocycles. The number of hydrogen-bond donors (Lipinski definition) is 2. The Bertz CT molecular complexity index is 1150. The number of carbonyl (C=O) groups is 2. The highest BCUT2D eigenvalue weighted by atomic mass is 32.1. The molecule has 3 rings (SSSR count). The first-order valence-electron chi connectivity index (χ1n) is 8.98. The maximum Gasteiger partial charge on any atom is 0.387 e. The van der Waals surface area contributed by atoms with E-state index in [-0.39, 0.29) is 32.8 Å². The van der Waals surface area contributed by atoms with E-state index in [2.05, 4.69) is 9.72 Å². The second-order valence-corrected chi connectivity index (χ2v) is 7.47. The highest BCUT2D eigenvalue weighted by Gasteiger charge is 2.28. The summed E-state index contributed by atoms with van der Waals surface area (Å²) in [6.45, 7) is -1.59. The first kappa shape index (κ1) is 23.0. The molecule has 12 heteroatoms. The number of carbonyl (C=O) groups excluding carboxylic acids is 2. The summed E-state index contributed by atoms with van der Waals surface area (Å²) in [7, 11) is 0. The highest BCUT2D eigenvalue weighted by Crippen LogP contribution is 2.36. The van der Waals surface area contributed by atoms with E-state index < -0.39 is 36.0 Å². The SMILES string of the molecule is C[C@@H](C(N)=O)N(c1ccc(F)c(F)c1)c1nc(N)c(C(=O)c2ccc(OC(F)F)cc2)s1. The molecule has 4 N–H and O–H groups in total. The molecule has 0 saturated heterocycles. The number of ether oxygens (including phenoxy) is 1. The van der Waals surface area contributed by atoms with Crippen molar-refractivity contribution >= 4 is 39.7 Å². The van der Waals surface area contributed by atoms with E-state index in [4.69, 9.17) is 11.5 Å². The van der Waals surface area contributed by atoms with E-state index in [0.717, 1.165) is 23.5 Å². The van der Waals surface area contributed by atoms with Gasteiger partial charge in [0.2, 0.25) is 11.7 Å². The Hall–Kier alpha value is -3.67. The highest BCUT2D eigenvalue weighted by molar-refractivity contribution is 7.18. The molecule has 3 aromatic rings. The van der Waals surface area contributed by atoms with Gasteiger partial charge in [0.05, 0.1) is 0 Å². The number of anilines is 3. The van der Waals surface area contributed by atoms with Gasteiger partial charge in [-0.3, -0.25) is 9.59 Å². The summed E-state index contributed by atoms with van der Waals surface area (Å²) in [5.41, 5.74) is 11.5. The van der Waals surface area contributed by atoms with Crippen molar-refractivity contribution in [3.63, 3.8) is 0 Å². The van der Waals surface area contributed by atoms with Crippen LogP contribution in [-0.2, 0) is 4.79 Å². The summed E-state index contributed by atoms with van der Waals surface area (Å²) in [5, 5.41) is 0.0424. The number of primary amides is 1. The van der Waals surface area contributed by atoms with E-state index in [1.807, 2.05) is 0 Å². The minimum atomic E-state index is -3.01. The van der Waals surface area contributed by atoms with Crippen molar-refractivity contribution in [2.75, 3.05) is 10.6 Å². The van der Waals surface area contributed by atoms with Crippen LogP contribution in [0.25, 0.3) is 0 Å². The maximum absolute atomic E-state index is 13.8. The van der Waals surface area contributed by atoms with Crippen LogP contribution in [0, 0.1) is 11.6 Å². The summed E-state index contributed by atoms with van der Waals surface area (Å²) in [6.07, 6.45) is 0. The van der Waals surface area contributed by atoms with E-state index >= 15 is 0 Å². The van der Waals surface area contributed by atoms with Crippen LogP contribution in [0.1, 0.15) is 22.2 Å². The molecule has 32 heavy (non-hydrogen) atoms. The number of rotatable bonds is 8. The number of benzene rings is 2. The first-order valence-corrected chi connectivity index (χ1v) is 9.79. The van der Waals surface area contributed by atoms with Gasteiger partial charge < -0.3 is 21.1 Å². The lowest BCUT2D eigenvalue weighted by Crippen LogP contribution is -2.40. The third kappa shape index (κ3) is 4.80. The fraction of sp³-hybridized carbons (Fsp3) is 0.150. The molecule has 0 saturated carbocycles. The molecule has 0 aliphatic rings. The Kier molecular flexibility index (Phi) is 6.63. The maximum atomic E-state index is 13.8. The van der Waals surface area contributed by atoms with E-state index in [0.29, 0.717) is 0 Å². The number of thiazole rings is 1. The summed E-state index contributed by atoms with van der Waals surface area (Å²) < 4.78 is 56.0. The molecule has 7 nitrogen and oxygen atoms in total. The summed E-state index contributed by atoms with van der Waals surface area (Å²) in [5.74, 6) is -3.90. The van der Waals surface area contributed by atoms with Crippen molar-refractivity contribution in [2.24, 2.45) is 5.73 Å². The largest absolute Gasteiger partial charge is 0.435 e. The van der Waals surface area contributed by atoms with Gasteiger partial charge in [0, 0.05) is 17.3 Å². The molecule has 0 radical (unpaired) electrons. The Morgan fingerprint density at radius 3 is 2.31 bits per heavy atom. The van der Waals surface area contributed by atoms with Crippen molar-refractivity contribution in [3.8, 4) is 5.75 Å². The number of amides is 1. The summed E-state index contributed by atoms with van der Waals surface area (Å²) in [4.78, 5) is 30.0. The lowest BCUT2D eigenvalue weighted by atomic mass is 10.1. The van der Waals surface area contributed by atoms with Gasteiger partial charge >= 0.3 is 6.61 Å². The number of nitrogens with two attached hydrogens (primary N) is 2. The number of nitrogen functional groups attached to an aromatic ring is 1. The van der Waals surface area contributed by atoms with E-state index in [9.17, 15) is 27.2 Å². The molecule has 1 heterocycles. The van der Waals surface area contributed by atoms with Crippen molar-refractivity contribution in [3.05, 3.63) is 64.5 Å². The molecule has 1 amide bonds. The molecule has 168 valence electrons. The molecule has 0 unspecified atom stereocenters. The Balaban J connectivity index is 1.98. The minimum Gasteiger partial charge on any atom is -0.435 e. The third-order valence-electron chi connectivity index (χ3n) is 4.38. The van der Waals surface area contributed by atoms with Crippen molar-refractivity contribution in [1.29, 1.82) is 0 Å². The number of aromatic nitrogens is 1. The van der Waals surface area contributed by atoms with Gasteiger partial charge in [-0.15, -0.1) is 0 Å². The van der Waals surface area contributed by atoms with Crippen molar-refractivity contribution < 1.29 is 31.9 Å². The number of alkyl halides is 2. The fourth-order valence-electron chi connectivity index (χ4n) is 2.77.